The molecule has 0 fully saturated rings. The number of carbonyl (C=O) groups is 1. The summed E-state index contributed by atoms with van der Waals surface area (Å²) >= 11 is 4.72. The molecular formula is C12H15FN2O3S2. The predicted octanol–water partition coefficient (Wildman–Crippen LogP) is 1.22. The standard InChI is InChI=1S/C12H15FN2O3S2/c1-12(2,20(3,17)18)11(16)15-8-6-4-5-7(13)9(8)10(14)19/h4-6H,1-3H3,(H2,14,19)(H,15,16). The summed E-state index contributed by atoms with van der Waals surface area (Å²) in [6, 6.07) is 3.90. The zero-order valence-corrected chi connectivity index (χ0v) is 12.9. The van der Waals surface area contributed by atoms with E-state index in [-0.39, 0.29) is 16.2 Å². The molecule has 0 radical (unpaired) electrons. The maximum absolute atomic E-state index is 13.6. The van der Waals surface area contributed by atoms with Crippen molar-refractivity contribution in [3.63, 3.8) is 0 Å². The van der Waals surface area contributed by atoms with Gasteiger partial charge in [0.05, 0.1) is 11.3 Å². The summed E-state index contributed by atoms with van der Waals surface area (Å²) in [7, 11) is -3.63. The van der Waals surface area contributed by atoms with Crippen LogP contribution in [0.3, 0.4) is 0 Å². The lowest BCUT2D eigenvalue weighted by Gasteiger charge is -2.22. The zero-order chi connectivity index (χ0) is 15.7. The van der Waals surface area contributed by atoms with Gasteiger partial charge in [0.1, 0.15) is 15.6 Å². The maximum Gasteiger partial charge on any atom is 0.245 e. The molecule has 1 amide bonds. The van der Waals surface area contributed by atoms with E-state index in [0.717, 1.165) is 12.3 Å². The summed E-state index contributed by atoms with van der Waals surface area (Å²) in [6.45, 7) is 2.52. The number of carbonyl (C=O) groups excluding carboxylic acids is 1. The van der Waals surface area contributed by atoms with Crippen molar-refractivity contribution in [2.24, 2.45) is 5.73 Å². The quantitative estimate of drug-likeness (QED) is 0.815. The Bertz CT molecular complexity index is 669. The maximum atomic E-state index is 13.6. The SMILES string of the molecule is CC(C)(C(=O)Nc1cccc(F)c1C(N)=S)S(C)(=O)=O. The molecule has 3 N–H and O–H groups in total. The first-order valence-electron chi connectivity index (χ1n) is 5.58. The monoisotopic (exact) mass is 318 g/mol. The van der Waals surface area contributed by atoms with E-state index < -0.39 is 26.3 Å². The fourth-order valence-electron chi connectivity index (χ4n) is 1.32. The van der Waals surface area contributed by atoms with Crippen LogP contribution in [0, 0.1) is 5.82 Å². The third kappa shape index (κ3) is 3.13. The average Bonchev–Trinajstić information content (AvgIpc) is 2.26. The van der Waals surface area contributed by atoms with Crippen LogP contribution in [-0.2, 0) is 14.6 Å². The molecule has 1 rings (SSSR count). The Kier molecular flexibility index (Phi) is 4.50. The van der Waals surface area contributed by atoms with Gasteiger partial charge < -0.3 is 11.1 Å². The van der Waals surface area contributed by atoms with Crippen molar-refractivity contribution in [1.82, 2.24) is 0 Å². The van der Waals surface area contributed by atoms with E-state index in [1.54, 1.807) is 0 Å². The predicted molar refractivity (Wildman–Crippen MR) is 79.8 cm³/mol. The highest BCUT2D eigenvalue weighted by Gasteiger charge is 2.38. The largest absolute Gasteiger partial charge is 0.389 e. The van der Waals surface area contributed by atoms with Crippen LogP contribution in [0.1, 0.15) is 19.4 Å². The number of rotatable bonds is 4. The molecule has 5 nitrogen and oxygen atoms in total. The Balaban J connectivity index is 3.22. The first kappa shape index (κ1) is 16.5. The molecule has 1 aromatic carbocycles. The van der Waals surface area contributed by atoms with Crippen LogP contribution in [0.5, 0.6) is 0 Å². The number of thiocarbonyl (C=S) groups is 1. The van der Waals surface area contributed by atoms with Gasteiger partial charge in [0.2, 0.25) is 5.91 Å². The molecule has 110 valence electrons. The minimum atomic E-state index is -3.63. The van der Waals surface area contributed by atoms with Crippen LogP contribution < -0.4 is 11.1 Å². The summed E-state index contributed by atoms with van der Waals surface area (Å²) < 4.78 is 35.2. The molecule has 20 heavy (non-hydrogen) atoms. The minimum Gasteiger partial charge on any atom is -0.389 e. The van der Waals surface area contributed by atoms with Gasteiger partial charge in [-0.2, -0.15) is 0 Å². The van der Waals surface area contributed by atoms with E-state index in [2.05, 4.69) is 5.32 Å². The Hall–Kier alpha value is -1.54. The van der Waals surface area contributed by atoms with Gasteiger partial charge in [-0.05, 0) is 26.0 Å². The molecule has 0 bridgehead atoms. The fraction of sp³-hybridized carbons (Fsp3) is 0.333. The highest BCUT2D eigenvalue weighted by molar-refractivity contribution is 7.92. The summed E-state index contributed by atoms with van der Waals surface area (Å²) in [5.41, 5.74) is 5.32. The van der Waals surface area contributed by atoms with E-state index in [4.69, 9.17) is 18.0 Å². The molecule has 0 atom stereocenters. The Labute approximate surface area is 122 Å². The topological polar surface area (TPSA) is 89.3 Å². The van der Waals surface area contributed by atoms with Gasteiger partial charge in [-0.25, -0.2) is 12.8 Å². The molecule has 0 aromatic heterocycles. The number of halogens is 1. The Morgan fingerprint density at radius 2 is 1.95 bits per heavy atom. The lowest BCUT2D eigenvalue weighted by atomic mass is 10.1. The summed E-state index contributed by atoms with van der Waals surface area (Å²) in [5, 5.41) is 2.35. The van der Waals surface area contributed by atoms with Gasteiger partial charge >= 0.3 is 0 Å². The van der Waals surface area contributed by atoms with E-state index in [0.29, 0.717) is 0 Å². The van der Waals surface area contributed by atoms with Crippen molar-refractivity contribution in [3.05, 3.63) is 29.6 Å². The average molecular weight is 318 g/mol. The number of nitrogens with two attached hydrogens (primary N) is 1. The molecule has 0 saturated carbocycles. The second-order valence-corrected chi connectivity index (χ2v) is 7.77. The number of amides is 1. The highest BCUT2D eigenvalue weighted by Crippen LogP contribution is 2.22. The lowest BCUT2D eigenvalue weighted by Crippen LogP contribution is -2.44. The van der Waals surface area contributed by atoms with Crippen LogP contribution in [0.15, 0.2) is 18.2 Å². The van der Waals surface area contributed by atoms with Crippen LogP contribution >= 0.6 is 12.2 Å². The van der Waals surface area contributed by atoms with Gasteiger partial charge in [0, 0.05) is 6.26 Å². The normalized spacial score (nSPS) is 12.0. The molecule has 0 aliphatic heterocycles. The fourth-order valence-corrected chi connectivity index (χ4v) is 1.92. The Morgan fingerprint density at radius 1 is 1.40 bits per heavy atom. The Morgan fingerprint density at radius 3 is 2.40 bits per heavy atom. The van der Waals surface area contributed by atoms with Crippen molar-refractivity contribution >= 4 is 38.6 Å². The number of benzene rings is 1. The summed E-state index contributed by atoms with van der Waals surface area (Å²) in [6.07, 6.45) is 0.951. The number of hydrogen-bond acceptors (Lipinski definition) is 4. The first-order chi connectivity index (χ1) is 8.98. The molecule has 8 heteroatoms. The highest BCUT2D eigenvalue weighted by atomic mass is 32.2. The van der Waals surface area contributed by atoms with Crippen LogP contribution in [0.2, 0.25) is 0 Å². The van der Waals surface area contributed by atoms with Gasteiger partial charge in [-0.15, -0.1) is 0 Å². The van der Waals surface area contributed by atoms with Crippen molar-refractivity contribution in [2.45, 2.75) is 18.6 Å². The molecule has 0 saturated heterocycles. The molecular weight excluding hydrogens is 303 g/mol. The molecule has 0 spiro atoms. The van der Waals surface area contributed by atoms with Crippen molar-refractivity contribution in [3.8, 4) is 0 Å². The van der Waals surface area contributed by atoms with Crippen molar-refractivity contribution in [1.29, 1.82) is 0 Å². The lowest BCUT2D eigenvalue weighted by molar-refractivity contribution is -0.117. The van der Waals surface area contributed by atoms with Crippen molar-refractivity contribution < 1.29 is 17.6 Å². The second-order valence-electron chi connectivity index (χ2n) is 4.76. The molecule has 0 aliphatic carbocycles. The van der Waals surface area contributed by atoms with E-state index in [9.17, 15) is 17.6 Å². The van der Waals surface area contributed by atoms with Crippen LogP contribution in [0.25, 0.3) is 0 Å². The summed E-state index contributed by atoms with van der Waals surface area (Å²) in [4.78, 5) is 11.8. The van der Waals surface area contributed by atoms with E-state index in [1.807, 2.05) is 0 Å². The van der Waals surface area contributed by atoms with E-state index >= 15 is 0 Å². The van der Waals surface area contributed by atoms with E-state index in [1.165, 1.54) is 26.0 Å². The van der Waals surface area contributed by atoms with Gasteiger partial charge in [-0.1, -0.05) is 18.3 Å². The molecule has 0 heterocycles. The van der Waals surface area contributed by atoms with Gasteiger partial charge in [0.15, 0.2) is 9.84 Å². The zero-order valence-electron chi connectivity index (χ0n) is 11.2. The number of sulfone groups is 1. The number of hydrogen-bond donors (Lipinski definition) is 2. The summed E-state index contributed by atoms with van der Waals surface area (Å²) in [5.74, 6) is -1.48. The molecule has 0 aliphatic rings. The van der Waals surface area contributed by atoms with Gasteiger partial charge in [0.25, 0.3) is 0 Å². The molecule has 0 unspecified atom stereocenters. The minimum absolute atomic E-state index is 0.0409. The van der Waals surface area contributed by atoms with Crippen LogP contribution in [-0.4, -0.2) is 30.3 Å². The van der Waals surface area contributed by atoms with Gasteiger partial charge in [-0.3, -0.25) is 4.79 Å². The molecule has 1 aromatic rings. The second kappa shape index (κ2) is 5.45. The smallest absolute Gasteiger partial charge is 0.245 e. The first-order valence-corrected chi connectivity index (χ1v) is 7.88. The van der Waals surface area contributed by atoms with Crippen LogP contribution in [0.4, 0.5) is 10.1 Å². The van der Waals surface area contributed by atoms with Crippen molar-refractivity contribution in [2.75, 3.05) is 11.6 Å². The third-order valence-corrected chi connectivity index (χ3v) is 5.23. The number of anilines is 1. The number of nitrogens with one attached hydrogen (secondary N) is 1. The third-order valence-electron chi connectivity index (χ3n) is 2.98.